The highest BCUT2D eigenvalue weighted by Gasteiger charge is 2.29. The van der Waals surface area contributed by atoms with Gasteiger partial charge in [0.15, 0.2) is 9.84 Å². The molecule has 0 saturated carbocycles. The number of hydrogen-bond donors (Lipinski definition) is 2. The predicted molar refractivity (Wildman–Crippen MR) is 90.2 cm³/mol. The molecule has 2 aliphatic rings. The molecule has 23 heavy (non-hydrogen) atoms. The average molecular weight is 336 g/mol. The maximum atomic E-state index is 12.1. The highest BCUT2D eigenvalue weighted by molar-refractivity contribution is 7.91. The van der Waals surface area contributed by atoms with Crippen molar-refractivity contribution in [1.82, 2.24) is 10.6 Å². The molecule has 126 valence electrons. The molecule has 6 heteroatoms. The Morgan fingerprint density at radius 2 is 1.96 bits per heavy atom. The molecule has 1 saturated heterocycles. The molecule has 1 aromatic rings. The summed E-state index contributed by atoms with van der Waals surface area (Å²) in [5.41, 5.74) is 3.91. The predicted octanol–water partition coefficient (Wildman–Crippen LogP) is 2.11. The second-order valence-corrected chi connectivity index (χ2v) is 8.90. The van der Waals surface area contributed by atoms with Crippen molar-refractivity contribution in [3.8, 4) is 0 Å². The third kappa shape index (κ3) is 4.05. The van der Waals surface area contributed by atoms with E-state index in [2.05, 4.69) is 28.8 Å². The van der Waals surface area contributed by atoms with Crippen LogP contribution in [0.3, 0.4) is 0 Å². The first-order chi connectivity index (χ1) is 10.9. The van der Waals surface area contributed by atoms with Gasteiger partial charge in [-0.25, -0.2) is 13.2 Å². The normalized spacial score (nSPS) is 23.8. The van der Waals surface area contributed by atoms with Crippen molar-refractivity contribution in [3.05, 3.63) is 34.9 Å². The first kappa shape index (κ1) is 16.3. The van der Waals surface area contributed by atoms with Crippen LogP contribution < -0.4 is 10.6 Å². The number of rotatable bonds is 3. The molecule has 2 amide bonds. The number of amides is 2. The second kappa shape index (κ2) is 6.51. The highest BCUT2D eigenvalue weighted by Crippen LogP contribution is 2.24. The van der Waals surface area contributed by atoms with Crippen LogP contribution in [0.15, 0.2) is 18.2 Å². The fraction of sp³-hybridized carbons (Fsp3) is 0.588. The summed E-state index contributed by atoms with van der Waals surface area (Å²) in [6.45, 7) is 1.95. The van der Waals surface area contributed by atoms with Crippen molar-refractivity contribution in [2.75, 3.05) is 11.5 Å². The van der Waals surface area contributed by atoms with Crippen molar-refractivity contribution in [1.29, 1.82) is 0 Å². The Kier molecular flexibility index (Phi) is 4.62. The van der Waals surface area contributed by atoms with E-state index in [-0.39, 0.29) is 29.6 Å². The van der Waals surface area contributed by atoms with Crippen molar-refractivity contribution < 1.29 is 13.2 Å². The number of urea groups is 1. The summed E-state index contributed by atoms with van der Waals surface area (Å²) in [6.07, 6.45) is 5.25. The summed E-state index contributed by atoms with van der Waals surface area (Å²) in [7, 11) is -2.97. The van der Waals surface area contributed by atoms with Crippen molar-refractivity contribution >= 4 is 15.9 Å². The number of hydrogen-bond acceptors (Lipinski definition) is 3. The molecular weight excluding hydrogens is 312 g/mol. The van der Waals surface area contributed by atoms with Crippen LogP contribution in [-0.4, -0.2) is 32.0 Å². The van der Waals surface area contributed by atoms with Gasteiger partial charge in [0.25, 0.3) is 0 Å². The summed E-state index contributed by atoms with van der Waals surface area (Å²) in [4.78, 5) is 12.1. The fourth-order valence-electron chi connectivity index (χ4n) is 3.44. The molecule has 1 aliphatic carbocycles. The molecule has 0 aromatic heterocycles. The molecule has 0 bridgehead atoms. The standard InChI is InChI=1S/C17H24N2O3S/c1-12(14-7-6-13-4-2-3-5-15(13)10-14)18-17(20)19-16-8-9-23(21,22)11-16/h6-7,10,12,16H,2-5,8-9,11H2,1H3,(H2,18,19,20). The molecule has 2 N–H and O–H groups in total. The second-order valence-electron chi connectivity index (χ2n) is 6.67. The largest absolute Gasteiger partial charge is 0.334 e. The Labute approximate surface area is 137 Å². The van der Waals surface area contributed by atoms with E-state index in [1.54, 1.807) is 0 Å². The van der Waals surface area contributed by atoms with Gasteiger partial charge in [-0.1, -0.05) is 18.2 Å². The zero-order valence-corrected chi connectivity index (χ0v) is 14.3. The number of fused-ring (bicyclic) bond motifs is 1. The van der Waals surface area contributed by atoms with Crippen LogP contribution in [0.1, 0.15) is 48.9 Å². The Morgan fingerprint density at radius 3 is 2.65 bits per heavy atom. The van der Waals surface area contributed by atoms with E-state index in [9.17, 15) is 13.2 Å². The van der Waals surface area contributed by atoms with Gasteiger partial charge in [0.2, 0.25) is 0 Å². The molecule has 5 nitrogen and oxygen atoms in total. The van der Waals surface area contributed by atoms with Crippen LogP contribution in [0.5, 0.6) is 0 Å². The highest BCUT2D eigenvalue weighted by atomic mass is 32.2. The van der Waals surface area contributed by atoms with E-state index in [0.717, 1.165) is 18.4 Å². The summed E-state index contributed by atoms with van der Waals surface area (Å²) in [5.74, 6) is 0.214. The number of nitrogens with one attached hydrogen (secondary N) is 2. The lowest BCUT2D eigenvalue weighted by atomic mass is 9.89. The molecule has 1 aliphatic heterocycles. The summed E-state index contributed by atoms with van der Waals surface area (Å²) in [6, 6.07) is 5.78. The molecule has 2 atom stereocenters. The lowest BCUT2D eigenvalue weighted by molar-refractivity contribution is 0.235. The van der Waals surface area contributed by atoms with Crippen LogP contribution in [0.4, 0.5) is 4.79 Å². The monoisotopic (exact) mass is 336 g/mol. The molecule has 3 rings (SSSR count). The zero-order chi connectivity index (χ0) is 16.4. The number of benzene rings is 1. The Hall–Kier alpha value is -1.56. The summed E-state index contributed by atoms with van der Waals surface area (Å²) >= 11 is 0. The van der Waals surface area contributed by atoms with Gasteiger partial charge in [0.1, 0.15) is 0 Å². The summed E-state index contributed by atoms with van der Waals surface area (Å²) < 4.78 is 22.9. The van der Waals surface area contributed by atoms with Crippen molar-refractivity contribution in [2.24, 2.45) is 0 Å². The summed E-state index contributed by atoms with van der Waals surface area (Å²) in [5, 5.41) is 5.68. The molecule has 1 aromatic carbocycles. The van der Waals surface area contributed by atoms with Crippen LogP contribution >= 0.6 is 0 Å². The van der Waals surface area contributed by atoms with E-state index in [4.69, 9.17) is 0 Å². The van der Waals surface area contributed by atoms with Gasteiger partial charge >= 0.3 is 6.03 Å². The Balaban J connectivity index is 1.58. The number of aryl methyl sites for hydroxylation is 2. The first-order valence-corrected chi connectivity index (χ1v) is 10.1. The lowest BCUT2D eigenvalue weighted by Crippen LogP contribution is -2.43. The number of carbonyl (C=O) groups excluding carboxylic acids is 1. The number of sulfone groups is 1. The Morgan fingerprint density at radius 1 is 1.22 bits per heavy atom. The molecular formula is C17H24N2O3S. The van der Waals surface area contributed by atoms with E-state index in [1.807, 2.05) is 6.92 Å². The third-order valence-electron chi connectivity index (χ3n) is 4.79. The van der Waals surface area contributed by atoms with Crippen LogP contribution in [-0.2, 0) is 22.7 Å². The van der Waals surface area contributed by atoms with Gasteiger partial charge in [0.05, 0.1) is 17.5 Å². The maximum absolute atomic E-state index is 12.1. The van der Waals surface area contributed by atoms with Crippen molar-refractivity contribution in [3.63, 3.8) is 0 Å². The minimum absolute atomic E-state index is 0.0493. The van der Waals surface area contributed by atoms with E-state index < -0.39 is 9.84 Å². The molecule has 1 fully saturated rings. The van der Waals surface area contributed by atoms with Crippen LogP contribution in [0, 0.1) is 0 Å². The molecule has 1 heterocycles. The Bertz CT molecular complexity index is 700. The molecule has 0 spiro atoms. The minimum atomic E-state index is -2.97. The SMILES string of the molecule is CC(NC(=O)NC1CCS(=O)(=O)C1)c1ccc2c(c1)CCCC2. The van der Waals surface area contributed by atoms with Gasteiger partial charge < -0.3 is 10.6 Å². The lowest BCUT2D eigenvalue weighted by Gasteiger charge is -2.21. The molecule has 0 radical (unpaired) electrons. The van der Waals surface area contributed by atoms with E-state index in [0.29, 0.717) is 6.42 Å². The quantitative estimate of drug-likeness (QED) is 0.888. The topological polar surface area (TPSA) is 75.3 Å². The minimum Gasteiger partial charge on any atom is -0.334 e. The van der Waals surface area contributed by atoms with Gasteiger partial charge in [-0.05, 0) is 55.7 Å². The zero-order valence-electron chi connectivity index (χ0n) is 13.5. The third-order valence-corrected chi connectivity index (χ3v) is 6.56. The molecule has 2 unspecified atom stereocenters. The van der Waals surface area contributed by atoms with E-state index in [1.165, 1.54) is 24.0 Å². The van der Waals surface area contributed by atoms with Gasteiger partial charge in [-0.15, -0.1) is 0 Å². The van der Waals surface area contributed by atoms with Gasteiger partial charge in [-0.2, -0.15) is 0 Å². The van der Waals surface area contributed by atoms with Crippen LogP contribution in [0.25, 0.3) is 0 Å². The number of carbonyl (C=O) groups is 1. The van der Waals surface area contributed by atoms with Crippen molar-refractivity contribution in [2.45, 2.75) is 51.1 Å². The average Bonchev–Trinajstić information content (AvgIpc) is 2.85. The fourth-order valence-corrected chi connectivity index (χ4v) is 5.11. The smallest absolute Gasteiger partial charge is 0.315 e. The first-order valence-electron chi connectivity index (χ1n) is 8.32. The van der Waals surface area contributed by atoms with E-state index >= 15 is 0 Å². The maximum Gasteiger partial charge on any atom is 0.315 e. The van der Waals surface area contributed by atoms with Gasteiger partial charge in [-0.3, -0.25) is 0 Å². The van der Waals surface area contributed by atoms with Gasteiger partial charge in [0, 0.05) is 6.04 Å². The van der Waals surface area contributed by atoms with Crippen LogP contribution in [0.2, 0.25) is 0 Å².